The summed E-state index contributed by atoms with van der Waals surface area (Å²) in [6, 6.07) is 14.8. The summed E-state index contributed by atoms with van der Waals surface area (Å²) in [5.41, 5.74) is 4.66. The summed E-state index contributed by atoms with van der Waals surface area (Å²) >= 11 is 0. The maximum Gasteiger partial charge on any atom is 0.256 e. The van der Waals surface area contributed by atoms with Gasteiger partial charge in [-0.3, -0.25) is 4.79 Å². The minimum absolute atomic E-state index is 0.179. The lowest BCUT2D eigenvalue weighted by molar-refractivity contribution is 0.0548. The van der Waals surface area contributed by atoms with Crippen molar-refractivity contribution in [2.75, 3.05) is 13.7 Å². The Bertz CT molecular complexity index is 1050. The second-order valence-electron chi connectivity index (χ2n) is 8.05. The molecule has 1 unspecified atom stereocenters. The molecule has 1 aliphatic heterocycles. The van der Waals surface area contributed by atoms with Gasteiger partial charge in [0.2, 0.25) is 0 Å². The molecule has 0 saturated carbocycles. The third kappa shape index (κ3) is 2.55. The van der Waals surface area contributed by atoms with Crippen LogP contribution in [0.2, 0.25) is 0 Å². The van der Waals surface area contributed by atoms with E-state index in [4.69, 9.17) is 4.74 Å². The number of hydrogen-bond donors (Lipinski definition) is 0. The smallest absolute Gasteiger partial charge is 0.256 e. The Labute approximate surface area is 165 Å². The number of para-hydroxylation sites is 1. The highest BCUT2D eigenvalue weighted by Gasteiger charge is 2.39. The summed E-state index contributed by atoms with van der Waals surface area (Å²) in [6.07, 6.45) is 6.17. The van der Waals surface area contributed by atoms with Gasteiger partial charge in [-0.25, -0.2) is 0 Å². The molecule has 4 heteroatoms. The Hall–Kier alpha value is -2.75. The predicted octanol–water partition coefficient (Wildman–Crippen LogP) is 4.52. The van der Waals surface area contributed by atoms with Crippen LogP contribution in [0.3, 0.4) is 0 Å². The van der Waals surface area contributed by atoms with Crippen molar-refractivity contribution in [1.29, 1.82) is 0 Å². The highest BCUT2D eigenvalue weighted by atomic mass is 16.5. The Kier molecular flexibility index (Phi) is 4.15. The number of ether oxygens (including phenoxy) is 1. The van der Waals surface area contributed by atoms with Crippen LogP contribution >= 0.6 is 0 Å². The van der Waals surface area contributed by atoms with Gasteiger partial charge in [0.25, 0.3) is 5.91 Å². The van der Waals surface area contributed by atoms with Crippen LogP contribution < -0.4 is 4.74 Å². The van der Waals surface area contributed by atoms with Gasteiger partial charge < -0.3 is 14.2 Å². The number of fused-ring (bicyclic) bond motifs is 4. The number of aryl methyl sites for hydroxylation is 1. The molecule has 144 valence electrons. The summed E-state index contributed by atoms with van der Waals surface area (Å²) in [4.78, 5) is 15.8. The number of carbonyl (C=O) groups excluding carboxylic acids is 1. The first kappa shape index (κ1) is 17.4. The van der Waals surface area contributed by atoms with Gasteiger partial charge in [-0.2, -0.15) is 0 Å². The van der Waals surface area contributed by atoms with E-state index in [1.54, 1.807) is 7.11 Å². The number of aromatic nitrogens is 1. The van der Waals surface area contributed by atoms with E-state index in [9.17, 15) is 4.79 Å². The largest absolute Gasteiger partial charge is 0.496 e. The zero-order chi connectivity index (χ0) is 19.3. The SMILES string of the molecule is COc1cccc2c1CCC1[C@@H]2CCCN1C(=O)c1cn(C)c2ccccc12. The monoisotopic (exact) mass is 374 g/mol. The Morgan fingerprint density at radius 1 is 1.11 bits per heavy atom. The van der Waals surface area contributed by atoms with Crippen molar-refractivity contribution in [1.82, 2.24) is 9.47 Å². The molecule has 0 spiro atoms. The fourth-order valence-corrected chi connectivity index (χ4v) is 5.38. The summed E-state index contributed by atoms with van der Waals surface area (Å²) in [5, 5.41) is 1.05. The first-order valence-electron chi connectivity index (χ1n) is 10.2. The second kappa shape index (κ2) is 6.69. The maximum atomic E-state index is 13.6. The Balaban J connectivity index is 1.52. The fourth-order valence-electron chi connectivity index (χ4n) is 5.38. The lowest BCUT2D eigenvalue weighted by Crippen LogP contribution is -2.49. The van der Waals surface area contributed by atoms with Crippen LogP contribution in [0.1, 0.15) is 46.7 Å². The quantitative estimate of drug-likeness (QED) is 0.661. The lowest BCUT2D eigenvalue weighted by atomic mass is 9.74. The van der Waals surface area contributed by atoms with Crippen molar-refractivity contribution < 1.29 is 9.53 Å². The van der Waals surface area contributed by atoms with Crippen LogP contribution in [0.4, 0.5) is 0 Å². The zero-order valence-electron chi connectivity index (χ0n) is 16.5. The molecule has 1 fully saturated rings. The van der Waals surface area contributed by atoms with E-state index in [1.165, 1.54) is 11.1 Å². The van der Waals surface area contributed by atoms with Crippen LogP contribution in [0, 0.1) is 0 Å². The number of nitrogens with zero attached hydrogens (tertiary/aromatic N) is 2. The number of amides is 1. The molecule has 2 aromatic carbocycles. The van der Waals surface area contributed by atoms with E-state index in [0.717, 1.165) is 54.4 Å². The van der Waals surface area contributed by atoms with Crippen molar-refractivity contribution in [3.8, 4) is 5.75 Å². The van der Waals surface area contributed by atoms with E-state index < -0.39 is 0 Å². The first-order chi connectivity index (χ1) is 13.7. The predicted molar refractivity (Wildman–Crippen MR) is 111 cm³/mol. The number of rotatable bonds is 2. The Morgan fingerprint density at radius 3 is 2.82 bits per heavy atom. The summed E-state index contributed by atoms with van der Waals surface area (Å²) < 4.78 is 7.66. The number of methoxy groups -OCH3 is 1. The van der Waals surface area contributed by atoms with E-state index in [0.29, 0.717) is 5.92 Å². The van der Waals surface area contributed by atoms with E-state index >= 15 is 0 Å². The topological polar surface area (TPSA) is 34.5 Å². The molecule has 28 heavy (non-hydrogen) atoms. The van der Waals surface area contributed by atoms with Crippen LogP contribution in [-0.4, -0.2) is 35.1 Å². The molecule has 2 atom stereocenters. The average molecular weight is 374 g/mol. The van der Waals surface area contributed by atoms with Crippen LogP contribution in [0.15, 0.2) is 48.7 Å². The van der Waals surface area contributed by atoms with Crippen molar-refractivity contribution >= 4 is 16.8 Å². The number of hydrogen-bond acceptors (Lipinski definition) is 2. The molecule has 1 amide bonds. The number of piperidine rings is 1. The molecule has 1 aliphatic carbocycles. The number of benzene rings is 2. The number of likely N-dealkylation sites (tertiary alicyclic amines) is 1. The van der Waals surface area contributed by atoms with Gasteiger partial charge in [-0.1, -0.05) is 30.3 Å². The van der Waals surface area contributed by atoms with Crippen molar-refractivity contribution in [2.24, 2.45) is 7.05 Å². The lowest BCUT2D eigenvalue weighted by Gasteiger charge is -2.45. The van der Waals surface area contributed by atoms with E-state index in [1.807, 2.05) is 25.4 Å². The molecule has 1 saturated heterocycles. The molecular weight excluding hydrogens is 348 g/mol. The van der Waals surface area contributed by atoms with Gasteiger partial charge in [0.05, 0.1) is 12.7 Å². The standard InChI is InChI=1S/C24H26N2O2/c1-25-15-20(18-7-3-4-10-21(18)25)24(27)26-14-6-9-17-16-8-5-11-23(28-2)19(16)12-13-22(17)26/h3-5,7-8,10-11,15,17,22H,6,9,12-14H2,1-2H3/t17-,22?/m1/s1. The molecule has 4 nitrogen and oxygen atoms in total. The van der Waals surface area contributed by atoms with Crippen LogP contribution in [0.25, 0.3) is 10.9 Å². The molecule has 2 aliphatic rings. The van der Waals surface area contributed by atoms with Gasteiger partial charge >= 0.3 is 0 Å². The third-order valence-corrected chi connectivity index (χ3v) is 6.65. The zero-order valence-corrected chi connectivity index (χ0v) is 16.5. The van der Waals surface area contributed by atoms with Crippen molar-refractivity contribution in [3.05, 3.63) is 65.4 Å². The second-order valence-corrected chi connectivity index (χ2v) is 8.05. The normalized spacial score (nSPS) is 21.3. The van der Waals surface area contributed by atoms with E-state index in [-0.39, 0.29) is 11.9 Å². The Morgan fingerprint density at radius 2 is 1.96 bits per heavy atom. The van der Waals surface area contributed by atoms with Crippen molar-refractivity contribution in [3.63, 3.8) is 0 Å². The van der Waals surface area contributed by atoms with Gasteiger partial charge in [0.15, 0.2) is 0 Å². The maximum absolute atomic E-state index is 13.6. The summed E-state index contributed by atoms with van der Waals surface area (Å²) in [7, 11) is 3.76. The molecule has 1 aromatic heterocycles. The minimum atomic E-state index is 0.179. The average Bonchev–Trinajstić information content (AvgIpc) is 3.09. The molecule has 0 radical (unpaired) electrons. The highest BCUT2D eigenvalue weighted by molar-refractivity contribution is 6.07. The minimum Gasteiger partial charge on any atom is -0.496 e. The highest BCUT2D eigenvalue weighted by Crippen LogP contribution is 2.44. The van der Waals surface area contributed by atoms with Gasteiger partial charge in [0.1, 0.15) is 5.75 Å². The molecule has 0 N–H and O–H groups in total. The fraction of sp³-hybridized carbons (Fsp3) is 0.375. The van der Waals surface area contributed by atoms with E-state index in [2.05, 4.69) is 39.8 Å². The van der Waals surface area contributed by atoms with Crippen molar-refractivity contribution in [2.45, 2.75) is 37.6 Å². The van der Waals surface area contributed by atoms with Gasteiger partial charge in [-0.05, 0) is 48.9 Å². The van der Waals surface area contributed by atoms with Crippen LogP contribution in [0.5, 0.6) is 5.75 Å². The van der Waals surface area contributed by atoms with Crippen LogP contribution in [-0.2, 0) is 13.5 Å². The number of carbonyl (C=O) groups is 1. The summed E-state index contributed by atoms with van der Waals surface area (Å²) in [5.74, 6) is 1.58. The molecular formula is C24H26N2O2. The van der Waals surface area contributed by atoms with Gasteiger partial charge in [-0.15, -0.1) is 0 Å². The van der Waals surface area contributed by atoms with Gasteiger partial charge in [0, 0.05) is 42.7 Å². The third-order valence-electron chi connectivity index (χ3n) is 6.65. The molecule has 5 rings (SSSR count). The molecule has 2 heterocycles. The molecule has 0 bridgehead atoms. The molecule has 3 aromatic rings. The summed E-state index contributed by atoms with van der Waals surface area (Å²) in [6.45, 7) is 0.850. The first-order valence-corrected chi connectivity index (χ1v) is 10.2.